The molecule has 0 aliphatic heterocycles. The fourth-order valence-electron chi connectivity index (χ4n) is 2.96. The Bertz CT molecular complexity index is 881. The van der Waals surface area contributed by atoms with Gasteiger partial charge in [-0.2, -0.15) is 0 Å². The van der Waals surface area contributed by atoms with Crippen LogP contribution in [0, 0.1) is 0 Å². The van der Waals surface area contributed by atoms with Crippen molar-refractivity contribution < 1.29 is 9.59 Å². The summed E-state index contributed by atoms with van der Waals surface area (Å²) in [5, 5.41) is 2.75. The number of amides is 1. The van der Waals surface area contributed by atoms with Crippen molar-refractivity contribution in [2.75, 3.05) is 6.54 Å². The third-order valence-electron chi connectivity index (χ3n) is 4.25. The number of fused-ring (bicyclic) bond motifs is 1. The molecule has 0 unspecified atom stereocenters. The lowest BCUT2D eigenvalue weighted by molar-refractivity contribution is -0.117. The maximum atomic E-state index is 12.8. The number of benzene rings is 1. The zero-order valence-electron chi connectivity index (χ0n) is 14.4. The minimum Gasteiger partial charge on any atom is -0.349 e. The van der Waals surface area contributed by atoms with Crippen LogP contribution in [0.5, 0.6) is 0 Å². The van der Waals surface area contributed by atoms with Crippen molar-refractivity contribution in [1.82, 2.24) is 9.72 Å². The first-order chi connectivity index (χ1) is 12.2. The van der Waals surface area contributed by atoms with Crippen LogP contribution < -0.4 is 5.32 Å². The summed E-state index contributed by atoms with van der Waals surface area (Å²) < 4.78 is 1.79. The number of carbonyl (C=O) groups is 2. The van der Waals surface area contributed by atoms with Crippen molar-refractivity contribution in [2.24, 2.45) is 0 Å². The fraction of sp³-hybridized carbons (Fsp3) is 0.238. The molecule has 0 spiro atoms. The Morgan fingerprint density at radius 1 is 1.00 bits per heavy atom. The molecule has 25 heavy (non-hydrogen) atoms. The van der Waals surface area contributed by atoms with E-state index < -0.39 is 11.7 Å². The van der Waals surface area contributed by atoms with Crippen LogP contribution in [0.15, 0.2) is 60.8 Å². The van der Waals surface area contributed by atoms with Crippen molar-refractivity contribution in [3.05, 3.63) is 66.5 Å². The maximum absolute atomic E-state index is 12.8. The first-order valence-electron chi connectivity index (χ1n) is 8.70. The molecule has 2 heterocycles. The molecular formula is C21H22N2O2. The summed E-state index contributed by atoms with van der Waals surface area (Å²) in [6.45, 7) is 2.63. The van der Waals surface area contributed by atoms with Crippen LogP contribution in [0.4, 0.5) is 0 Å². The highest BCUT2D eigenvalue weighted by Crippen LogP contribution is 2.28. The molecule has 0 bridgehead atoms. The molecule has 3 rings (SSSR count). The zero-order valence-corrected chi connectivity index (χ0v) is 14.4. The number of aromatic nitrogens is 1. The molecule has 0 radical (unpaired) electrons. The third kappa shape index (κ3) is 3.63. The fourth-order valence-corrected chi connectivity index (χ4v) is 2.96. The molecule has 1 aromatic carbocycles. The van der Waals surface area contributed by atoms with Gasteiger partial charge in [0, 0.05) is 23.8 Å². The van der Waals surface area contributed by atoms with Crippen molar-refractivity contribution >= 4 is 17.2 Å². The third-order valence-corrected chi connectivity index (χ3v) is 4.25. The van der Waals surface area contributed by atoms with E-state index in [-0.39, 0.29) is 0 Å². The van der Waals surface area contributed by atoms with Crippen molar-refractivity contribution in [2.45, 2.75) is 26.2 Å². The lowest BCUT2D eigenvalue weighted by Crippen LogP contribution is -2.32. The first-order valence-corrected chi connectivity index (χ1v) is 8.70. The number of hydrogen-bond donors (Lipinski definition) is 1. The number of carbonyl (C=O) groups excluding carboxylic acids is 2. The number of Topliss-reactive ketones (excluding diaryl/α,β-unsaturated/α-hetero) is 1. The first kappa shape index (κ1) is 17.0. The summed E-state index contributed by atoms with van der Waals surface area (Å²) in [6, 6.07) is 17.3. The predicted octanol–water partition coefficient (Wildman–Crippen LogP) is 4.10. The van der Waals surface area contributed by atoms with Crippen LogP contribution in [0.3, 0.4) is 0 Å². The molecular weight excluding hydrogens is 312 g/mol. The Balaban J connectivity index is 1.96. The topological polar surface area (TPSA) is 50.6 Å². The molecule has 1 amide bonds. The Morgan fingerprint density at radius 2 is 1.76 bits per heavy atom. The lowest BCUT2D eigenvalue weighted by atomic mass is 10.0. The van der Waals surface area contributed by atoms with E-state index in [4.69, 9.17) is 0 Å². The number of hydrogen-bond acceptors (Lipinski definition) is 2. The number of rotatable bonds is 7. The molecule has 0 aliphatic rings. The molecule has 0 atom stereocenters. The van der Waals surface area contributed by atoms with Gasteiger partial charge in [-0.25, -0.2) is 0 Å². The number of nitrogens with zero attached hydrogens (tertiary/aromatic N) is 1. The number of pyridine rings is 1. The number of nitrogens with one attached hydrogen (secondary N) is 1. The molecule has 0 saturated heterocycles. The highest BCUT2D eigenvalue weighted by Gasteiger charge is 2.24. The van der Waals surface area contributed by atoms with Crippen LogP contribution in [0.1, 0.15) is 36.7 Å². The van der Waals surface area contributed by atoms with Crippen molar-refractivity contribution in [3.63, 3.8) is 0 Å². The Kier molecular flexibility index (Phi) is 5.29. The average Bonchev–Trinajstić information content (AvgIpc) is 3.04. The monoisotopic (exact) mass is 334 g/mol. The Morgan fingerprint density at radius 3 is 2.52 bits per heavy atom. The summed E-state index contributed by atoms with van der Waals surface area (Å²) in [5.74, 6) is -1.04. The highest BCUT2D eigenvalue weighted by atomic mass is 16.2. The molecule has 2 aromatic heterocycles. The second-order valence-electron chi connectivity index (χ2n) is 6.06. The van der Waals surface area contributed by atoms with Gasteiger partial charge < -0.3 is 9.72 Å². The largest absolute Gasteiger partial charge is 0.349 e. The predicted molar refractivity (Wildman–Crippen MR) is 99.7 cm³/mol. The van der Waals surface area contributed by atoms with Gasteiger partial charge in [0.15, 0.2) is 0 Å². The minimum atomic E-state index is -0.544. The van der Waals surface area contributed by atoms with Crippen LogP contribution in [-0.2, 0) is 4.79 Å². The lowest BCUT2D eigenvalue weighted by Gasteiger charge is -2.07. The maximum Gasteiger partial charge on any atom is 0.294 e. The highest BCUT2D eigenvalue weighted by molar-refractivity contribution is 6.43. The molecule has 4 nitrogen and oxygen atoms in total. The van der Waals surface area contributed by atoms with Gasteiger partial charge in [0.05, 0.1) is 0 Å². The van der Waals surface area contributed by atoms with Gasteiger partial charge in [-0.3, -0.25) is 9.59 Å². The number of unbranched alkanes of at least 4 members (excludes halogenated alkanes) is 2. The van der Waals surface area contributed by atoms with Crippen LogP contribution in [-0.4, -0.2) is 22.6 Å². The van der Waals surface area contributed by atoms with E-state index >= 15 is 0 Å². The Hall–Kier alpha value is -2.88. The molecule has 3 aromatic rings. The minimum absolute atomic E-state index is 0.412. The van der Waals surface area contributed by atoms with Gasteiger partial charge in [-0.15, -0.1) is 0 Å². The van der Waals surface area contributed by atoms with Gasteiger partial charge in [-0.1, -0.05) is 56.2 Å². The number of ketones is 1. The van der Waals surface area contributed by atoms with E-state index in [0.717, 1.165) is 35.9 Å². The second-order valence-corrected chi connectivity index (χ2v) is 6.06. The Labute approximate surface area is 147 Å². The van der Waals surface area contributed by atoms with Crippen molar-refractivity contribution in [1.29, 1.82) is 0 Å². The average molecular weight is 334 g/mol. The summed E-state index contributed by atoms with van der Waals surface area (Å²) >= 11 is 0. The molecule has 0 saturated carbocycles. The summed E-state index contributed by atoms with van der Waals surface area (Å²) in [5.41, 5.74) is 3.01. The van der Waals surface area contributed by atoms with E-state index in [1.165, 1.54) is 0 Å². The van der Waals surface area contributed by atoms with E-state index in [1.54, 1.807) is 4.40 Å². The summed E-state index contributed by atoms with van der Waals surface area (Å²) in [7, 11) is 0. The van der Waals surface area contributed by atoms with Gasteiger partial charge in [0.25, 0.3) is 11.7 Å². The van der Waals surface area contributed by atoms with Crippen molar-refractivity contribution in [3.8, 4) is 11.1 Å². The quantitative estimate of drug-likeness (QED) is 0.402. The van der Waals surface area contributed by atoms with Gasteiger partial charge >= 0.3 is 0 Å². The van der Waals surface area contributed by atoms with E-state index in [2.05, 4.69) is 12.2 Å². The van der Waals surface area contributed by atoms with Gasteiger partial charge in [0.1, 0.15) is 5.69 Å². The second kappa shape index (κ2) is 7.79. The van der Waals surface area contributed by atoms with Crippen LogP contribution in [0.25, 0.3) is 16.6 Å². The summed E-state index contributed by atoms with van der Waals surface area (Å²) in [4.78, 5) is 25.2. The smallest absolute Gasteiger partial charge is 0.294 e. The molecule has 0 fully saturated rings. The standard InChI is InChI=1S/C21H22N2O2/c1-2-3-8-13-22-21(25)20(24)19-18(16-10-5-4-6-11-16)15-17-12-7-9-14-23(17)19/h4-7,9-12,14-15H,2-3,8,13H2,1H3,(H,22,25). The molecule has 1 N–H and O–H groups in total. The van der Waals surface area contributed by atoms with E-state index in [1.807, 2.05) is 60.8 Å². The molecule has 4 heteroatoms. The van der Waals surface area contributed by atoms with Gasteiger partial charge in [-0.05, 0) is 30.2 Å². The molecule has 128 valence electrons. The SMILES string of the molecule is CCCCCNC(=O)C(=O)c1c(-c2ccccc2)cc2ccccn12. The van der Waals surface area contributed by atoms with Crippen LogP contribution >= 0.6 is 0 Å². The van der Waals surface area contributed by atoms with Gasteiger partial charge in [0.2, 0.25) is 0 Å². The zero-order chi connectivity index (χ0) is 17.6. The normalized spacial score (nSPS) is 10.8. The van der Waals surface area contributed by atoms with Crippen LogP contribution in [0.2, 0.25) is 0 Å². The molecule has 0 aliphatic carbocycles. The van der Waals surface area contributed by atoms with E-state index in [0.29, 0.717) is 12.2 Å². The van der Waals surface area contributed by atoms with E-state index in [9.17, 15) is 9.59 Å². The summed E-state index contributed by atoms with van der Waals surface area (Å²) in [6.07, 6.45) is 4.82.